The van der Waals surface area contributed by atoms with Crippen molar-refractivity contribution in [2.45, 2.75) is 0 Å². The highest BCUT2D eigenvalue weighted by atomic mass is 35.5. The standard InChI is InChI=1S/C18H15ClN2O4S/c1-24-12-7-8-13-14(9-12)26-17(16(13)19)18(23)21-20-15(22)10-25-11-5-3-2-4-6-11/h2-9H,10H2,1H3,(H,20,22)(H,21,23). The molecule has 0 aliphatic rings. The fourth-order valence-corrected chi connectivity index (χ4v) is 3.64. The Kier molecular flexibility index (Phi) is 5.60. The SMILES string of the molecule is COc1ccc2c(Cl)c(C(=O)NNC(=O)COc3ccccc3)sc2c1. The first-order chi connectivity index (χ1) is 12.6. The van der Waals surface area contributed by atoms with Crippen LogP contribution in [0.2, 0.25) is 5.02 Å². The van der Waals surface area contributed by atoms with Gasteiger partial charge >= 0.3 is 0 Å². The molecule has 2 amide bonds. The Morgan fingerprint density at radius 3 is 2.58 bits per heavy atom. The van der Waals surface area contributed by atoms with Gasteiger partial charge in [0.15, 0.2) is 6.61 Å². The van der Waals surface area contributed by atoms with Crippen molar-refractivity contribution < 1.29 is 19.1 Å². The summed E-state index contributed by atoms with van der Waals surface area (Å²) in [4.78, 5) is 24.4. The van der Waals surface area contributed by atoms with E-state index in [1.54, 1.807) is 49.6 Å². The first-order valence-corrected chi connectivity index (χ1v) is 8.81. The van der Waals surface area contributed by atoms with Crippen LogP contribution in [0.5, 0.6) is 11.5 Å². The van der Waals surface area contributed by atoms with Crippen molar-refractivity contribution in [3.63, 3.8) is 0 Å². The van der Waals surface area contributed by atoms with Crippen LogP contribution < -0.4 is 20.3 Å². The summed E-state index contributed by atoms with van der Waals surface area (Å²) in [7, 11) is 1.57. The molecule has 0 spiro atoms. The lowest BCUT2D eigenvalue weighted by Crippen LogP contribution is -2.43. The van der Waals surface area contributed by atoms with Gasteiger partial charge in [-0.2, -0.15) is 0 Å². The topological polar surface area (TPSA) is 76.7 Å². The molecule has 3 rings (SSSR count). The first-order valence-electron chi connectivity index (χ1n) is 7.61. The third-order valence-electron chi connectivity index (χ3n) is 3.47. The van der Waals surface area contributed by atoms with Crippen molar-refractivity contribution in [1.29, 1.82) is 0 Å². The van der Waals surface area contributed by atoms with Crippen LogP contribution in [0.15, 0.2) is 48.5 Å². The second kappa shape index (κ2) is 8.07. The Morgan fingerprint density at radius 1 is 1.08 bits per heavy atom. The number of benzene rings is 2. The zero-order valence-corrected chi connectivity index (χ0v) is 15.3. The lowest BCUT2D eigenvalue weighted by Gasteiger charge is -2.08. The second-order valence-electron chi connectivity index (χ2n) is 5.21. The maximum absolute atomic E-state index is 12.3. The number of methoxy groups -OCH3 is 1. The molecule has 1 heterocycles. The molecule has 0 saturated carbocycles. The molecule has 134 valence electrons. The monoisotopic (exact) mass is 390 g/mol. The quantitative estimate of drug-likeness (QED) is 0.654. The van der Waals surface area contributed by atoms with Crippen LogP contribution in [0, 0.1) is 0 Å². The van der Waals surface area contributed by atoms with Gasteiger partial charge in [-0.1, -0.05) is 29.8 Å². The number of fused-ring (bicyclic) bond motifs is 1. The van der Waals surface area contributed by atoms with Crippen molar-refractivity contribution >= 4 is 44.8 Å². The average Bonchev–Trinajstić information content (AvgIpc) is 3.01. The summed E-state index contributed by atoms with van der Waals surface area (Å²) in [6.07, 6.45) is 0. The number of hydrazine groups is 1. The van der Waals surface area contributed by atoms with Gasteiger partial charge in [-0.25, -0.2) is 0 Å². The van der Waals surface area contributed by atoms with Crippen molar-refractivity contribution in [1.82, 2.24) is 10.9 Å². The van der Waals surface area contributed by atoms with Crippen LogP contribution in [-0.2, 0) is 4.79 Å². The molecule has 0 radical (unpaired) electrons. The van der Waals surface area contributed by atoms with E-state index in [-0.39, 0.29) is 6.61 Å². The van der Waals surface area contributed by atoms with Crippen LogP contribution in [0.3, 0.4) is 0 Å². The molecule has 2 N–H and O–H groups in total. The predicted molar refractivity (Wildman–Crippen MR) is 101 cm³/mol. The molecule has 0 atom stereocenters. The minimum Gasteiger partial charge on any atom is -0.497 e. The molecular weight excluding hydrogens is 376 g/mol. The highest BCUT2D eigenvalue weighted by Gasteiger charge is 2.18. The van der Waals surface area contributed by atoms with Gasteiger partial charge in [0.05, 0.1) is 12.1 Å². The minimum atomic E-state index is -0.497. The lowest BCUT2D eigenvalue weighted by atomic mass is 10.2. The van der Waals surface area contributed by atoms with Crippen LogP contribution >= 0.6 is 22.9 Å². The van der Waals surface area contributed by atoms with Gasteiger partial charge in [0, 0.05) is 10.1 Å². The van der Waals surface area contributed by atoms with Gasteiger partial charge in [-0.15, -0.1) is 11.3 Å². The summed E-state index contributed by atoms with van der Waals surface area (Å²) < 4.78 is 11.3. The summed E-state index contributed by atoms with van der Waals surface area (Å²) in [6.45, 7) is -0.221. The van der Waals surface area contributed by atoms with E-state index in [9.17, 15) is 9.59 Å². The number of thiophene rings is 1. The Morgan fingerprint density at radius 2 is 1.85 bits per heavy atom. The molecule has 8 heteroatoms. The van der Waals surface area contributed by atoms with Gasteiger partial charge in [0.1, 0.15) is 16.4 Å². The minimum absolute atomic E-state index is 0.221. The van der Waals surface area contributed by atoms with E-state index in [0.29, 0.717) is 21.4 Å². The van der Waals surface area contributed by atoms with E-state index in [4.69, 9.17) is 21.1 Å². The van der Waals surface area contributed by atoms with Gasteiger partial charge in [0.2, 0.25) is 0 Å². The molecule has 0 fully saturated rings. The number of carbonyl (C=O) groups excluding carboxylic acids is 2. The Bertz CT molecular complexity index is 943. The molecule has 2 aromatic carbocycles. The maximum Gasteiger partial charge on any atom is 0.281 e. The van der Waals surface area contributed by atoms with E-state index in [2.05, 4.69) is 10.9 Å². The number of para-hydroxylation sites is 1. The number of hydrogen-bond donors (Lipinski definition) is 2. The molecule has 0 aliphatic heterocycles. The largest absolute Gasteiger partial charge is 0.497 e. The lowest BCUT2D eigenvalue weighted by molar-refractivity contribution is -0.123. The van der Waals surface area contributed by atoms with E-state index in [1.807, 2.05) is 6.07 Å². The molecular formula is C18H15ClN2O4S. The number of rotatable bonds is 5. The normalized spacial score (nSPS) is 10.4. The van der Waals surface area contributed by atoms with Gasteiger partial charge in [-0.3, -0.25) is 20.4 Å². The first kappa shape index (κ1) is 18.0. The van der Waals surface area contributed by atoms with Gasteiger partial charge in [-0.05, 0) is 30.3 Å². The second-order valence-corrected chi connectivity index (χ2v) is 6.64. The van der Waals surface area contributed by atoms with Crippen LogP contribution in [0.1, 0.15) is 9.67 Å². The zero-order chi connectivity index (χ0) is 18.5. The highest BCUT2D eigenvalue weighted by molar-refractivity contribution is 7.21. The molecule has 0 bridgehead atoms. The molecule has 0 saturated heterocycles. The van der Waals surface area contributed by atoms with Crippen molar-refractivity contribution in [3.8, 4) is 11.5 Å². The summed E-state index contributed by atoms with van der Waals surface area (Å²) in [5.74, 6) is 0.258. The summed E-state index contributed by atoms with van der Waals surface area (Å²) in [5, 5.41) is 1.08. The van der Waals surface area contributed by atoms with Crippen LogP contribution in [-0.4, -0.2) is 25.5 Å². The number of carbonyl (C=O) groups is 2. The molecule has 3 aromatic rings. The van der Waals surface area contributed by atoms with E-state index >= 15 is 0 Å². The maximum atomic E-state index is 12.3. The summed E-state index contributed by atoms with van der Waals surface area (Å²) in [6, 6.07) is 14.3. The van der Waals surface area contributed by atoms with Crippen LogP contribution in [0.4, 0.5) is 0 Å². The number of hydrogen-bond acceptors (Lipinski definition) is 5. The summed E-state index contributed by atoms with van der Waals surface area (Å²) in [5.41, 5.74) is 4.65. The highest BCUT2D eigenvalue weighted by Crippen LogP contribution is 2.37. The van der Waals surface area contributed by atoms with Crippen molar-refractivity contribution in [2.24, 2.45) is 0 Å². The smallest absolute Gasteiger partial charge is 0.281 e. The third kappa shape index (κ3) is 4.07. The Labute approximate surface area is 158 Å². The molecule has 1 aromatic heterocycles. The van der Waals surface area contributed by atoms with Crippen molar-refractivity contribution in [3.05, 3.63) is 58.4 Å². The molecule has 6 nitrogen and oxygen atoms in total. The van der Waals surface area contributed by atoms with Crippen molar-refractivity contribution in [2.75, 3.05) is 13.7 Å². The van der Waals surface area contributed by atoms with E-state index in [1.165, 1.54) is 11.3 Å². The fourth-order valence-electron chi connectivity index (χ4n) is 2.20. The van der Waals surface area contributed by atoms with E-state index < -0.39 is 11.8 Å². The van der Waals surface area contributed by atoms with Gasteiger partial charge in [0.25, 0.3) is 11.8 Å². The number of halogens is 1. The Hall–Kier alpha value is -2.77. The number of nitrogens with one attached hydrogen (secondary N) is 2. The Balaban J connectivity index is 1.60. The van der Waals surface area contributed by atoms with E-state index in [0.717, 1.165) is 10.1 Å². The van der Waals surface area contributed by atoms with Crippen LogP contribution in [0.25, 0.3) is 10.1 Å². The summed E-state index contributed by atoms with van der Waals surface area (Å²) >= 11 is 7.49. The number of amides is 2. The molecule has 26 heavy (non-hydrogen) atoms. The number of ether oxygens (including phenoxy) is 2. The predicted octanol–water partition coefficient (Wildman–Crippen LogP) is 3.40. The molecule has 0 aliphatic carbocycles. The molecule has 0 unspecified atom stereocenters. The average molecular weight is 391 g/mol. The fraction of sp³-hybridized carbons (Fsp3) is 0.111. The third-order valence-corrected chi connectivity index (χ3v) is 5.13. The zero-order valence-electron chi connectivity index (χ0n) is 13.7. The van der Waals surface area contributed by atoms with Gasteiger partial charge < -0.3 is 9.47 Å².